The molecule has 4 aliphatic carbocycles. The van der Waals surface area contributed by atoms with Gasteiger partial charge in [0, 0.05) is 18.7 Å². The van der Waals surface area contributed by atoms with E-state index in [1.54, 1.807) is 38.1 Å². The topological polar surface area (TPSA) is 92.8 Å². The summed E-state index contributed by atoms with van der Waals surface area (Å²) in [6.07, 6.45) is 5.25. The average molecular weight is 422 g/mol. The van der Waals surface area contributed by atoms with Gasteiger partial charge in [0.05, 0.1) is 23.5 Å². The van der Waals surface area contributed by atoms with Crippen molar-refractivity contribution in [2.45, 2.75) is 32.8 Å². The number of ether oxygens (including phenoxy) is 1. The lowest BCUT2D eigenvalue weighted by Crippen LogP contribution is -2.40. The zero-order valence-electron chi connectivity index (χ0n) is 17.6. The first-order chi connectivity index (χ1) is 14.8. The fraction of sp³-hybridized carbons (Fsp3) is 0.500. The smallest absolute Gasteiger partial charge is 0.338 e. The number of imide groups is 1. The summed E-state index contributed by atoms with van der Waals surface area (Å²) in [6, 6.07) is 6.44. The fourth-order valence-electron chi connectivity index (χ4n) is 5.65. The highest BCUT2D eigenvalue weighted by Gasteiger charge is 2.66. The Kier molecular flexibility index (Phi) is 4.72. The van der Waals surface area contributed by atoms with Crippen LogP contribution < -0.4 is 5.32 Å². The van der Waals surface area contributed by atoms with Crippen molar-refractivity contribution in [3.63, 3.8) is 0 Å². The molecule has 0 unspecified atom stereocenters. The molecule has 1 saturated heterocycles. The van der Waals surface area contributed by atoms with Crippen LogP contribution in [-0.2, 0) is 19.1 Å². The summed E-state index contributed by atoms with van der Waals surface area (Å²) in [4.78, 5) is 51.5. The second-order valence-corrected chi connectivity index (χ2v) is 9.31. The predicted molar refractivity (Wildman–Crippen MR) is 112 cm³/mol. The molecule has 3 amide bonds. The van der Waals surface area contributed by atoms with Gasteiger partial charge < -0.3 is 10.1 Å². The first-order valence-corrected chi connectivity index (χ1v) is 11.0. The molecule has 2 saturated carbocycles. The van der Waals surface area contributed by atoms with Crippen molar-refractivity contribution in [1.82, 2.24) is 4.90 Å². The van der Waals surface area contributed by atoms with Crippen LogP contribution in [0.15, 0.2) is 36.4 Å². The Bertz CT molecular complexity index is 946. The Morgan fingerprint density at radius 3 is 2.16 bits per heavy atom. The molecule has 5 aliphatic rings. The molecule has 31 heavy (non-hydrogen) atoms. The molecule has 6 rings (SSSR count). The molecular formula is C24H26N2O5. The lowest BCUT2D eigenvalue weighted by atomic mass is 9.63. The largest absolute Gasteiger partial charge is 0.459 e. The SMILES string of the molecule is CC(C)OC(=O)c1ccc(NC(=O)CCN2C(=O)[C@@H]3[C@H]4C=C[C@H]([C@H]5C[C@H]45)[C@@H]3C2=O)cc1. The van der Waals surface area contributed by atoms with Crippen LogP contribution in [0.1, 0.15) is 37.0 Å². The van der Waals surface area contributed by atoms with E-state index >= 15 is 0 Å². The highest BCUT2D eigenvalue weighted by molar-refractivity contribution is 6.06. The number of nitrogens with zero attached hydrogens (tertiary/aromatic N) is 1. The van der Waals surface area contributed by atoms with Gasteiger partial charge in [0.15, 0.2) is 0 Å². The third-order valence-corrected chi connectivity index (χ3v) is 7.06. The zero-order chi connectivity index (χ0) is 21.9. The Morgan fingerprint density at radius 1 is 1.03 bits per heavy atom. The van der Waals surface area contributed by atoms with Crippen LogP contribution in [0.4, 0.5) is 5.69 Å². The number of carbonyl (C=O) groups excluding carboxylic acids is 4. The van der Waals surface area contributed by atoms with Gasteiger partial charge in [0.1, 0.15) is 0 Å². The minimum atomic E-state index is -0.415. The summed E-state index contributed by atoms with van der Waals surface area (Å²) in [5.41, 5.74) is 0.949. The number of hydrogen-bond donors (Lipinski definition) is 1. The van der Waals surface area contributed by atoms with Crippen LogP contribution in [0.3, 0.4) is 0 Å². The summed E-state index contributed by atoms with van der Waals surface area (Å²) >= 11 is 0. The van der Waals surface area contributed by atoms with Crippen LogP contribution in [-0.4, -0.2) is 41.2 Å². The van der Waals surface area contributed by atoms with E-state index in [1.165, 1.54) is 4.90 Å². The molecule has 2 bridgehead atoms. The second-order valence-electron chi connectivity index (χ2n) is 9.31. The van der Waals surface area contributed by atoms with Crippen LogP contribution in [0.5, 0.6) is 0 Å². The molecule has 1 heterocycles. The minimum Gasteiger partial charge on any atom is -0.459 e. The normalized spacial score (nSPS) is 32.2. The third kappa shape index (κ3) is 3.36. The Balaban J connectivity index is 1.17. The van der Waals surface area contributed by atoms with Gasteiger partial charge in [-0.3, -0.25) is 19.3 Å². The molecule has 1 aromatic rings. The number of likely N-dealkylation sites (tertiary alicyclic amines) is 1. The van der Waals surface area contributed by atoms with Gasteiger partial charge in [-0.05, 0) is 68.2 Å². The molecule has 162 valence electrons. The van der Waals surface area contributed by atoms with Crippen LogP contribution in [0.2, 0.25) is 0 Å². The molecule has 7 heteroatoms. The monoisotopic (exact) mass is 422 g/mol. The molecule has 1 aromatic carbocycles. The summed E-state index contributed by atoms with van der Waals surface area (Å²) in [5, 5.41) is 2.76. The standard InChI is InChI=1S/C24H26N2O5/c1-12(2)31-24(30)13-3-5-14(6-4-13)25-19(27)9-10-26-22(28)20-15-7-8-16(18-11-17(15)18)21(20)23(26)29/h3-8,12,15-18,20-21H,9-11H2,1-2H3,(H,25,27)/t15-,16+,17-,18-,20+,21-/m1/s1. The fourth-order valence-corrected chi connectivity index (χ4v) is 5.65. The molecule has 0 aromatic heterocycles. The van der Waals surface area contributed by atoms with Crippen molar-refractivity contribution in [3.05, 3.63) is 42.0 Å². The van der Waals surface area contributed by atoms with E-state index in [1.807, 2.05) is 0 Å². The van der Waals surface area contributed by atoms with Gasteiger partial charge >= 0.3 is 5.97 Å². The molecule has 0 spiro atoms. The summed E-state index contributed by atoms with van der Waals surface area (Å²) in [7, 11) is 0. The second kappa shape index (κ2) is 7.32. The molecule has 7 nitrogen and oxygen atoms in total. The van der Waals surface area contributed by atoms with Crippen molar-refractivity contribution in [2.24, 2.45) is 35.5 Å². The number of hydrogen-bond acceptors (Lipinski definition) is 5. The molecule has 1 N–H and O–H groups in total. The Morgan fingerprint density at radius 2 is 1.61 bits per heavy atom. The molecule has 0 radical (unpaired) electrons. The number of amides is 3. The quantitative estimate of drug-likeness (QED) is 0.432. The number of anilines is 1. The maximum Gasteiger partial charge on any atom is 0.338 e. The number of esters is 1. The molecule has 1 aliphatic heterocycles. The maximum absolute atomic E-state index is 12.9. The lowest BCUT2D eigenvalue weighted by Gasteiger charge is -2.37. The van der Waals surface area contributed by atoms with Gasteiger partial charge in [-0.25, -0.2) is 4.79 Å². The highest BCUT2D eigenvalue weighted by Crippen LogP contribution is 2.65. The van der Waals surface area contributed by atoms with Crippen molar-refractivity contribution in [3.8, 4) is 0 Å². The first-order valence-electron chi connectivity index (χ1n) is 11.0. The first kappa shape index (κ1) is 20.0. The van der Waals surface area contributed by atoms with Crippen LogP contribution in [0, 0.1) is 35.5 Å². The van der Waals surface area contributed by atoms with Gasteiger partial charge in [-0.2, -0.15) is 0 Å². The molecular weight excluding hydrogens is 396 g/mol. The van der Waals surface area contributed by atoms with Gasteiger partial charge in [0.2, 0.25) is 17.7 Å². The van der Waals surface area contributed by atoms with E-state index < -0.39 is 5.97 Å². The Hall–Kier alpha value is -2.96. The predicted octanol–water partition coefficient (Wildman–Crippen LogP) is 2.63. The van der Waals surface area contributed by atoms with E-state index in [-0.39, 0.29) is 60.5 Å². The van der Waals surface area contributed by atoms with E-state index in [4.69, 9.17) is 4.74 Å². The van der Waals surface area contributed by atoms with E-state index in [2.05, 4.69) is 17.5 Å². The minimum absolute atomic E-state index is 0.0453. The van der Waals surface area contributed by atoms with Gasteiger partial charge in [-0.1, -0.05) is 12.2 Å². The number of benzene rings is 1. The van der Waals surface area contributed by atoms with Crippen molar-refractivity contribution in [1.29, 1.82) is 0 Å². The van der Waals surface area contributed by atoms with E-state index in [0.29, 0.717) is 23.1 Å². The van der Waals surface area contributed by atoms with Gasteiger partial charge in [0.25, 0.3) is 0 Å². The van der Waals surface area contributed by atoms with E-state index in [9.17, 15) is 19.2 Å². The van der Waals surface area contributed by atoms with Gasteiger partial charge in [-0.15, -0.1) is 0 Å². The van der Waals surface area contributed by atoms with Crippen molar-refractivity contribution < 1.29 is 23.9 Å². The Labute approximate surface area is 180 Å². The maximum atomic E-state index is 12.9. The van der Waals surface area contributed by atoms with Crippen LogP contribution >= 0.6 is 0 Å². The zero-order valence-corrected chi connectivity index (χ0v) is 17.6. The number of carbonyl (C=O) groups is 4. The lowest BCUT2D eigenvalue weighted by molar-refractivity contribution is -0.140. The number of rotatable bonds is 6. The molecule has 3 fully saturated rings. The average Bonchev–Trinajstić information content (AvgIpc) is 3.51. The summed E-state index contributed by atoms with van der Waals surface area (Å²) < 4.78 is 5.14. The summed E-state index contributed by atoms with van der Waals surface area (Å²) in [6.45, 7) is 3.66. The van der Waals surface area contributed by atoms with Crippen LogP contribution in [0.25, 0.3) is 0 Å². The highest BCUT2D eigenvalue weighted by atomic mass is 16.5. The third-order valence-electron chi connectivity index (χ3n) is 7.06. The number of nitrogens with one attached hydrogen (secondary N) is 1. The number of allylic oxidation sites excluding steroid dienone is 2. The van der Waals surface area contributed by atoms with Crippen molar-refractivity contribution >= 4 is 29.4 Å². The van der Waals surface area contributed by atoms with E-state index in [0.717, 1.165) is 6.42 Å². The van der Waals surface area contributed by atoms with Crippen molar-refractivity contribution in [2.75, 3.05) is 11.9 Å². The molecule has 6 atom stereocenters. The summed E-state index contributed by atoms with van der Waals surface area (Å²) in [5.74, 6) is 0.140.